The largest absolute Gasteiger partial charge is 0.513 e. The molecule has 0 aliphatic heterocycles. The molecular formula is C12H14O6. The summed E-state index contributed by atoms with van der Waals surface area (Å²) in [6, 6.07) is 2.93. The quantitative estimate of drug-likeness (QED) is 0.606. The van der Waals surface area contributed by atoms with Crippen LogP contribution in [0.1, 0.15) is 15.9 Å². The predicted molar refractivity (Wildman–Crippen MR) is 62.1 cm³/mol. The van der Waals surface area contributed by atoms with Gasteiger partial charge in [0.1, 0.15) is 17.1 Å². The van der Waals surface area contributed by atoms with Gasteiger partial charge in [-0.25, -0.2) is 9.59 Å². The molecule has 1 aromatic carbocycles. The number of carbonyl (C=O) groups is 2. The summed E-state index contributed by atoms with van der Waals surface area (Å²) < 4.78 is 19.0. The van der Waals surface area contributed by atoms with E-state index in [9.17, 15) is 9.59 Å². The Morgan fingerprint density at radius 1 is 1.06 bits per heavy atom. The predicted octanol–water partition coefficient (Wildman–Crippen LogP) is 1.94. The fraction of sp³-hybridized carbons (Fsp3) is 0.333. The van der Waals surface area contributed by atoms with E-state index in [2.05, 4.69) is 9.47 Å². The van der Waals surface area contributed by atoms with Crippen LogP contribution in [0.2, 0.25) is 0 Å². The maximum Gasteiger partial charge on any atom is 0.513 e. The molecule has 98 valence electrons. The van der Waals surface area contributed by atoms with Gasteiger partial charge in [-0.3, -0.25) is 0 Å². The topological polar surface area (TPSA) is 71.1 Å². The van der Waals surface area contributed by atoms with Crippen molar-refractivity contribution in [3.63, 3.8) is 0 Å². The van der Waals surface area contributed by atoms with Gasteiger partial charge in [0.05, 0.1) is 21.3 Å². The summed E-state index contributed by atoms with van der Waals surface area (Å²) in [5, 5.41) is 0. The van der Waals surface area contributed by atoms with Crippen LogP contribution in [-0.2, 0) is 9.47 Å². The van der Waals surface area contributed by atoms with Gasteiger partial charge in [0.15, 0.2) is 0 Å². The molecular weight excluding hydrogens is 240 g/mol. The molecule has 0 N–H and O–H groups in total. The highest BCUT2D eigenvalue weighted by atomic mass is 16.7. The molecule has 6 nitrogen and oxygen atoms in total. The number of hydrogen-bond donors (Lipinski definition) is 0. The van der Waals surface area contributed by atoms with Crippen LogP contribution in [0.5, 0.6) is 11.5 Å². The van der Waals surface area contributed by atoms with Crippen LogP contribution in [0.4, 0.5) is 4.79 Å². The Bertz CT molecular complexity index is 466. The molecule has 0 heterocycles. The third kappa shape index (κ3) is 2.91. The summed E-state index contributed by atoms with van der Waals surface area (Å²) in [6.07, 6.45) is -0.845. The van der Waals surface area contributed by atoms with E-state index in [0.29, 0.717) is 5.56 Å². The van der Waals surface area contributed by atoms with E-state index in [1.165, 1.54) is 33.5 Å². The van der Waals surface area contributed by atoms with Crippen LogP contribution in [-0.4, -0.2) is 33.5 Å². The van der Waals surface area contributed by atoms with Crippen LogP contribution >= 0.6 is 0 Å². The van der Waals surface area contributed by atoms with E-state index >= 15 is 0 Å². The standard InChI is InChI=1S/C12H14O6/c1-7-5-8(18-12(14)17-4)6-9(15-2)10(7)11(13)16-3/h5-6H,1-4H3. The van der Waals surface area contributed by atoms with E-state index in [4.69, 9.17) is 9.47 Å². The molecule has 0 atom stereocenters. The molecule has 0 fully saturated rings. The van der Waals surface area contributed by atoms with Crippen molar-refractivity contribution in [2.75, 3.05) is 21.3 Å². The average molecular weight is 254 g/mol. The zero-order valence-corrected chi connectivity index (χ0v) is 10.6. The van der Waals surface area contributed by atoms with Crippen molar-refractivity contribution in [1.82, 2.24) is 0 Å². The van der Waals surface area contributed by atoms with Crippen LogP contribution in [0.3, 0.4) is 0 Å². The first-order valence-electron chi connectivity index (χ1n) is 5.06. The fourth-order valence-electron chi connectivity index (χ4n) is 1.44. The Labute approximate surface area is 104 Å². The maximum atomic E-state index is 11.6. The summed E-state index contributed by atoms with van der Waals surface area (Å²) in [4.78, 5) is 22.6. The van der Waals surface area contributed by atoms with Gasteiger partial charge >= 0.3 is 12.1 Å². The van der Waals surface area contributed by atoms with Gasteiger partial charge in [0.25, 0.3) is 0 Å². The lowest BCUT2D eigenvalue weighted by Crippen LogP contribution is -2.10. The van der Waals surface area contributed by atoms with Crippen molar-refractivity contribution in [1.29, 1.82) is 0 Å². The van der Waals surface area contributed by atoms with Gasteiger partial charge in [-0.1, -0.05) is 0 Å². The number of hydrogen-bond acceptors (Lipinski definition) is 6. The molecule has 0 aliphatic carbocycles. The Morgan fingerprint density at radius 3 is 2.22 bits per heavy atom. The third-order valence-electron chi connectivity index (χ3n) is 2.25. The van der Waals surface area contributed by atoms with Crippen LogP contribution in [0, 0.1) is 6.92 Å². The lowest BCUT2D eigenvalue weighted by Gasteiger charge is -2.12. The first-order valence-corrected chi connectivity index (χ1v) is 5.06. The minimum atomic E-state index is -0.845. The molecule has 0 aromatic heterocycles. The van der Waals surface area contributed by atoms with E-state index in [0.717, 1.165) is 0 Å². The zero-order chi connectivity index (χ0) is 13.7. The normalized spacial score (nSPS) is 9.56. The molecule has 0 radical (unpaired) electrons. The van der Waals surface area contributed by atoms with Crippen LogP contribution < -0.4 is 9.47 Å². The molecule has 1 rings (SSSR count). The van der Waals surface area contributed by atoms with Crippen molar-refractivity contribution >= 4 is 12.1 Å². The van der Waals surface area contributed by atoms with Crippen LogP contribution in [0.15, 0.2) is 12.1 Å². The third-order valence-corrected chi connectivity index (χ3v) is 2.25. The van der Waals surface area contributed by atoms with Crippen molar-refractivity contribution in [2.24, 2.45) is 0 Å². The van der Waals surface area contributed by atoms with E-state index in [-0.39, 0.29) is 17.1 Å². The van der Waals surface area contributed by atoms with E-state index in [1.807, 2.05) is 0 Å². The first kappa shape index (κ1) is 13.8. The number of rotatable bonds is 3. The molecule has 0 amide bonds. The second-order valence-corrected chi connectivity index (χ2v) is 3.37. The summed E-state index contributed by atoms with van der Waals surface area (Å²) in [7, 11) is 3.89. The minimum absolute atomic E-state index is 0.226. The van der Waals surface area contributed by atoms with Crippen LogP contribution in [0.25, 0.3) is 0 Å². The van der Waals surface area contributed by atoms with Gasteiger partial charge in [0.2, 0.25) is 0 Å². The van der Waals surface area contributed by atoms with Gasteiger partial charge in [-0.2, -0.15) is 0 Å². The summed E-state index contributed by atoms with van der Waals surface area (Å²) >= 11 is 0. The Kier molecular flexibility index (Phi) is 4.53. The van der Waals surface area contributed by atoms with Crippen molar-refractivity contribution in [2.45, 2.75) is 6.92 Å². The van der Waals surface area contributed by atoms with Gasteiger partial charge in [-0.15, -0.1) is 0 Å². The average Bonchev–Trinajstić information content (AvgIpc) is 2.36. The van der Waals surface area contributed by atoms with Crippen molar-refractivity contribution in [3.8, 4) is 11.5 Å². The molecule has 0 unspecified atom stereocenters. The minimum Gasteiger partial charge on any atom is -0.496 e. The second kappa shape index (κ2) is 5.90. The van der Waals surface area contributed by atoms with Crippen molar-refractivity contribution in [3.05, 3.63) is 23.3 Å². The van der Waals surface area contributed by atoms with Gasteiger partial charge in [-0.05, 0) is 18.6 Å². The fourth-order valence-corrected chi connectivity index (χ4v) is 1.44. The molecule has 0 bridgehead atoms. The number of carbonyl (C=O) groups excluding carboxylic acids is 2. The number of ether oxygens (including phenoxy) is 4. The highest BCUT2D eigenvalue weighted by Gasteiger charge is 2.18. The molecule has 0 saturated heterocycles. The Hall–Kier alpha value is -2.24. The molecule has 0 aliphatic rings. The summed E-state index contributed by atoms with van der Waals surface area (Å²) in [5.74, 6) is -0.0291. The highest BCUT2D eigenvalue weighted by Crippen LogP contribution is 2.29. The smallest absolute Gasteiger partial charge is 0.496 e. The Balaban J connectivity index is 3.18. The lowest BCUT2D eigenvalue weighted by molar-refractivity contribution is 0.0596. The molecule has 0 spiro atoms. The van der Waals surface area contributed by atoms with E-state index < -0.39 is 12.1 Å². The summed E-state index contributed by atoms with van der Waals surface area (Å²) in [5.41, 5.74) is 0.859. The Morgan fingerprint density at radius 2 is 1.72 bits per heavy atom. The van der Waals surface area contributed by atoms with Gasteiger partial charge in [0, 0.05) is 6.07 Å². The first-order chi connectivity index (χ1) is 8.53. The van der Waals surface area contributed by atoms with Gasteiger partial charge < -0.3 is 18.9 Å². The number of aryl methyl sites for hydroxylation is 1. The monoisotopic (exact) mass is 254 g/mol. The van der Waals surface area contributed by atoms with Crippen molar-refractivity contribution < 1.29 is 28.5 Å². The molecule has 0 saturated carbocycles. The number of benzene rings is 1. The zero-order valence-electron chi connectivity index (χ0n) is 10.6. The van der Waals surface area contributed by atoms with E-state index in [1.54, 1.807) is 6.92 Å². The molecule has 1 aromatic rings. The number of methoxy groups -OCH3 is 3. The molecule has 6 heteroatoms. The second-order valence-electron chi connectivity index (χ2n) is 3.37. The lowest BCUT2D eigenvalue weighted by atomic mass is 10.1. The maximum absolute atomic E-state index is 11.6. The number of esters is 1. The SMILES string of the molecule is COC(=O)Oc1cc(C)c(C(=O)OC)c(OC)c1. The summed E-state index contributed by atoms with van der Waals surface area (Å²) in [6.45, 7) is 1.68. The molecule has 18 heavy (non-hydrogen) atoms. The highest BCUT2D eigenvalue weighted by molar-refractivity contribution is 5.94.